The van der Waals surface area contributed by atoms with Gasteiger partial charge >= 0.3 is 0 Å². The van der Waals surface area contributed by atoms with Crippen molar-refractivity contribution in [1.29, 1.82) is 0 Å². The second kappa shape index (κ2) is 3.89. The first-order chi connectivity index (χ1) is 7.59. The molecule has 1 aromatic heterocycles. The Labute approximate surface area is 94.6 Å². The summed E-state index contributed by atoms with van der Waals surface area (Å²) >= 11 is 0. The van der Waals surface area contributed by atoms with Gasteiger partial charge in [0.25, 0.3) is 0 Å². The Hall–Kier alpha value is -1.97. The van der Waals surface area contributed by atoms with E-state index < -0.39 is 0 Å². The fourth-order valence-electron chi connectivity index (χ4n) is 1.59. The SMILES string of the molecule is Cc1nn(C)c(C)c1Oc1ccccc1N. The van der Waals surface area contributed by atoms with Gasteiger partial charge in [0.2, 0.25) is 0 Å². The summed E-state index contributed by atoms with van der Waals surface area (Å²) < 4.78 is 7.58. The van der Waals surface area contributed by atoms with E-state index in [-0.39, 0.29) is 0 Å². The molecule has 4 nitrogen and oxygen atoms in total. The summed E-state index contributed by atoms with van der Waals surface area (Å²) in [5, 5.41) is 4.29. The van der Waals surface area contributed by atoms with Crippen LogP contribution in [0, 0.1) is 13.8 Å². The van der Waals surface area contributed by atoms with Crippen molar-refractivity contribution in [3.63, 3.8) is 0 Å². The zero-order valence-electron chi connectivity index (χ0n) is 9.69. The Morgan fingerprint density at radius 2 is 1.94 bits per heavy atom. The molecule has 0 saturated heterocycles. The molecule has 0 aliphatic rings. The highest BCUT2D eigenvalue weighted by atomic mass is 16.5. The maximum Gasteiger partial charge on any atom is 0.171 e. The van der Waals surface area contributed by atoms with Gasteiger partial charge in [0.05, 0.1) is 11.4 Å². The molecule has 0 bridgehead atoms. The number of anilines is 1. The minimum absolute atomic E-state index is 0.630. The summed E-state index contributed by atoms with van der Waals surface area (Å²) in [5.41, 5.74) is 8.30. The molecule has 0 spiro atoms. The van der Waals surface area contributed by atoms with Crippen molar-refractivity contribution >= 4 is 5.69 Å². The zero-order chi connectivity index (χ0) is 11.7. The number of aryl methyl sites for hydroxylation is 2. The van der Waals surface area contributed by atoms with Crippen LogP contribution in [0.5, 0.6) is 11.5 Å². The lowest BCUT2D eigenvalue weighted by atomic mass is 10.3. The molecule has 84 valence electrons. The maximum atomic E-state index is 5.82. The van der Waals surface area contributed by atoms with E-state index in [2.05, 4.69) is 5.10 Å². The quantitative estimate of drug-likeness (QED) is 0.786. The van der Waals surface area contributed by atoms with Crippen LogP contribution in [0.1, 0.15) is 11.4 Å². The van der Waals surface area contributed by atoms with Gasteiger partial charge < -0.3 is 10.5 Å². The van der Waals surface area contributed by atoms with E-state index in [1.54, 1.807) is 4.68 Å². The average molecular weight is 217 g/mol. The molecule has 1 heterocycles. The van der Waals surface area contributed by atoms with Gasteiger partial charge in [-0.25, -0.2) is 0 Å². The van der Waals surface area contributed by atoms with Gasteiger partial charge in [0.1, 0.15) is 11.4 Å². The number of nitrogens with zero attached hydrogens (tertiary/aromatic N) is 2. The number of para-hydroxylation sites is 2. The van der Waals surface area contributed by atoms with Crippen molar-refractivity contribution in [3.8, 4) is 11.5 Å². The van der Waals surface area contributed by atoms with Gasteiger partial charge in [-0.05, 0) is 26.0 Å². The molecule has 1 aromatic carbocycles. The highest BCUT2D eigenvalue weighted by Crippen LogP contribution is 2.31. The normalized spacial score (nSPS) is 10.4. The van der Waals surface area contributed by atoms with Crippen LogP contribution in [0.25, 0.3) is 0 Å². The smallest absolute Gasteiger partial charge is 0.171 e. The Kier molecular flexibility index (Phi) is 2.56. The number of hydrogen-bond acceptors (Lipinski definition) is 3. The van der Waals surface area contributed by atoms with Gasteiger partial charge in [0, 0.05) is 7.05 Å². The standard InChI is InChI=1S/C12H15N3O/c1-8-12(9(2)15(3)14-8)16-11-7-5-4-6-10(11)13/h4-7H,13H2,1-3H3. The number of aromatic nitrogens is 2. The molecular weight excluding hydrogens is 202 g/mol. The van der Waals surface area contributed by atoms with Crippen LogP contribution >= 0.6 is 0 Å². The summed E-state index contributed by atoms with van der Waals surface area (Å²) in [5.74, 6) is 1.45. The van der Waals surface area contributed by atoms with Crippen LogP contribution in [0.3, 0.4) is 0 Å². The molecule has 0 atom stereocenters. The lowest BCUT2D eigenvalue weighted by Gasteiger charge is -2.08. The van der Waals surface area contributed by atoms with E-state index in [9.17, 15) is 0 Å². The third-order valence-corrected chi connectivity index (χ3v) is 2.57. The second-order valence-electron chi connectivity index (χ2n) is 3.76. The number of nitrogens with two attached hydrogens (primary N) is 1. The predicted molar refractivity (Wildman–Crippen MR) is 63.6 cm³/mol. The summed E-state index contributed by atoms with van der Waals surface area (Å²) in [7, 11) is 1.89. The zero-order valence-corrected chi connectivity index (χ0v) is 9.69. The average Bonchev–Trinajstić information content (AvgIpc) is 2.48. The van der Waals surface area contributed by atoms with Gasteiger partial charge in [0.15, 0.2) is 5.75 Å². The van der Waals surface area contributed by atoms with E-state index in [1.165, 1.54) is 0 Å². The number of benzene rings is 1. The topological polar surface area (TPSA) is 53.1 Å². The first kappa shape index (κ1) is 10.5. The molecular formula is C12H15N3O. The van der Waals surface area contributed by atoms with Crippen LogP contribution in [0.4, 0.5) is 5.69 Å². The van der Waals surface area contributed by atoms with Crippen molar-refractivity contribution in [2.75, 3.05) is 5.73 Å². The van der Waals surface area contributed by atoms with Crippen molar-refractivity contribution < 1.29 is 4.74 Å². The Morgan fingerprint density at radius 3 is 2.50 bits per heavy atom. The molecule has 0 unspecified atom stereocenters. The molecule has 16 heavy (non-hydrogen) atoms. The largest absolute Gasteiger partial charge is 0.451 e. The molecule has 0 aliphatic carbocycles. The van der Waals surface area contributed by atoms with Crippen LogP contribution in [0.2, 0.25) is 0 Å². The Morgan fingerprint density at radius 1 is 1.25 bits per heavy atom. The minimum Gasteiger partial charge on any atom is -0.451 e. The van der Waals surface area contributed by atoms with Crippen LogP contribution in [-0.4, -0.2) is 9.78 Å². The number of hydrogen-bond donors (Lipinski definition) is 1. The Bertz CT molecular complexity index is 517. The predicted octanol–water partition coefficient (Wildman–Crippen LogP) is 2.41. The van der Waals surface area contributed by atoms with E-state index in [1.807, 2.05) is 45.2 Å². The lowest BCUT2D eigenvalue weighted by molar-refractivity contribution is 0.476. The molecule has 2 N–H and O–H groups in total. The van der Waals surface area contributed by atoms with Crippen molar-refractivity contribution in [1.82, 2.24) is 9.78 Å². The minimum atomic E-state index is 0.630. The molecule has 0 aliphatic heterocycles. The first-order valence-electron chi connectivity index (χ1n) is 5.12. The van der Waals surface area contributed by atoms with Crippen LogP contribution in [-0.2, 0) is 7.05 Å². The fourth-order valence-corrected chi connectivity index (χ4v) is 1.59. The molecule has 0 radical (unpaired) electrons. The molecule has 0 amide bonds. The lowest BCUT2D eigenvalue weighted by Crippen LogP contribution is -1.94. The van der Waals surface area contributed by atoms with Crippen molar-refractivity contribution in [3.05, 3.63) is 35.7 Å². The van der Waals surface area contributed by atoms with Crippen molar-refractivity contribution in [2.45, 2.75) is 13.8 Å². The first-order valence-corrected chi connectivity index (χ1v) is 5.12. The van der Waals surface area contributed by atoms with Gasteiger partial charge in [-0.2, -0.15) is 5.10 Å². The van der Waals surface area contributed by atoms with Crippen molar-refractivity contribution in [2.24, 2.45) is 7.05 Å². The Balaban J connectivity index is 2.38. The number of rotatable bonds is 2. The molecule has 0 saturated carbocycles. The summed E-state index contributed by atoms with van der Waals surface area (Å²) in [4.78, 5) is 0. The number of ether oxygens (including phenoxy) is 1. The van der Waals surface area contributed by atoms with Gasteiger partial charge in [-0.15, -0.1) is 0 Å². The highest BCUT2D eigenvalue weighted by Gasteiger charge is 2.12. The molecule has 2 rings (SSSR count). The monoisotopic (exact) mass is 217 g/mol. The van der Waals surface area contributed by atoms with E-state index >= 15 is 0 Å². The maximum absolute atomic E-state index is 5.82. The molecule has 0 fully saturated rings. The third kappa shape index (κ3) is 1.74. The third-order valence-electron chi connectivity index (χ3n) is 2.57. The number of nitrogen functional groups attached to an aromatic ring is 1. The van der Waals surface area contributed by atoms with Gasteiger partial charge in [-0.1, -0.05) is 12.1 Å². The summed E-state index contributed by atoms with van der Waals surface area (Å²) in [6.07, 6.45) is 0. The molecule has 4 heteroatoms. The van der Waals surface area contributed by atoms with Gasteiger partial charge in [-0.3, -0.25) is 4.68 Å². The van der Waals surface area contributed by atoms with E-state index in [4.69, 9.17) is 10.5 Å². The highest BCUT2D eigenvalue weighted by molar-refractivity contribution is 5.54. The van der Waals surface area contributed by atoms with Crippen LogP contribution in [0.15, 0.2) is 24.3 Å². The van der Waals surface area contributed by atoms with Crippen LogP contribution < -0.4 is 10.5 Å². The second-order valence-corrected chi connectivity index (χ2v) is 3.76. The summed E-state index contributed by atoms with van der Waals surface area (Å²) in [6, 6.07) is 7.44. The van der Waals surface area contributed by atoms with E-state index in [0.29, 0.717) is 11.4 Å². The molecule has 2 aromatic rings. The summed E-state index contributed by atoms with van der Waals surface area (Å²) in [6.45, 7) is 3.88. The van der Waals surface area contributed by atoms with E-state index in [0.717, 1.165) is 17.1 Å². The fraction of sp³-hybridized carbons (Fsp3) is 0.250.